The standard InChI is InChI=1S/C21H23N3O2/c1-25-18-9-5-8-17(12-18)19-13-22-21(23-19)20-15-24(10-11-26-20)14-16-6-3-2-4-7-16/h2-9,12-13,20H,10-11,14-15H2,1H3,(H,22,23). The Hall–Kier alpha value is -2.63. The molecule has 0 aliphatic carbocycles. The van der Waals surface area contributed by atoms with E-state index in [1.165, 1.54) is 5.56 Å². The summed E-state index contributed by atoms with van der Waals surface area (Å²) in [6, 6.07) is 18.5. The third kappa shape index (κ3) is 3.79. The minimum Gasteiger partial charge on any atom is -0.497 e. The van der Waals surface area contributed by atoms with Crippen LogP contribution in [-0.2, 0) is 11.3 Å². The molecule has 4 rings (SSSR count). The Morgan fingerprint density at radius 1 is 1.19 bits per heavy atom. The van der Waals surface area contributed by atoms with Crippen LogP contribution in [0.5, 0.6) is 5.75 Å². The molecular formula is C21H23N3O2. The second kappa shape index (κ2) is 7.72. The van der Waals surface area contributed by atoms with Crippen molar-refractivity contribution in [2.75, 3.05) is 26.8 Å². The van der Waals surface area contributed by atoms with Gasteiger partial charge in [0.15, 0.2) is 0 Å². The van der Waals surface area contributed by atoms with E-state index >= 15 is 0 Å². The summed E-state index contributed by atoms with van der Waals surface area (Å²) in [4.78, 5) is 10.5. The van der Waals surface area contributed by atoms with Crippen LogP contribution in [0.3, 0.4) is 0 Å². The van der Waals surface area contributed by atoms with Crippen molar-refractivity contribution in [2.45, 2.75) is 12.6 Å². The van der Waals surface area contributed by atoms with Crippen LogP contribution in [0.2, 0.25) is 0 Å². The van der Waals surface area contributed by atoms with Crippen LogP contribution >= 0.6 is 0 Å². The number of nitrogens with zero attached hydrogens (tertiary/aromatic N) is 2. The molecule has 5 nitrogen and oxygen atoms in total. The number of aromatic nitrogens is 2. The van der Waals surface area contributed by atoms with Gasteiger partial charge >= 0.3 is 0 Å². The van der Waals surface area contributed by atoms with Gasteiger partial charge in [-0.2, -0.15) is 0 Å². The van der Waals surface area contributed by atoms with Gasteiger partial charge in [-0.15, -0.1) is 0 Å². The molecule has 1 aliphatic heterocycles. The molecule has 1 aromatic heterocycles. The third-order valence-corrected chi connectivity index (χ3v) is 4.67. The topological polar surface area (TPSA) is 50.4 Å². The van der Waals surface area contributed by atoms with Gasteiger partial charge in [0.1, 0.15) is 17.7 Å². The molecule has 1 unspecified atom stereocenters. The lowest BCUT2D eigenvalue weighted by Crippen LogP contribution is -2.38. The molecule has 134 valence electrons. The zero-order chi connectivity index (χ0) is 17.8. The minimum absolute atomic E-state index is 0.0354. The maximum Gasteiger partial charge on any atom is 0.137 e. The molecule has 5 heteroatoms. The maximum absolute atomic E-state index is 5.97. The predicted molar refractivity (Wildman–Crippen MR) is 101 cm³/mol. The molecule has 1 saturated heterocycles. The van der Waals surface area contributed by atoms with Crippen LogP contribution in [0, 0.1) is 0 Å². The van der Waals surface area contributed by atoms with E-state index in [-0.39, 0.29) is 6.10 Å². The summed E-state index contributed by atoms with van der Waals surface area (Å²) in [5, 5.41) is 0. The van der Waals surface area contributed by atoms with Crippen molar-refractivity contribution in [2.24, 2.45) is 0 Å². The van der Waals surface area contributed by atoms with Crippen molar-refractivity contribution < 1.29 is 9.47 Å². The molecule has 1 atom stereocenters. The van der Waals surface area contributed by atoms with Crippen molar-refractivity contribution in [1.29, 1.82) is 0 Å². The number of nitrogens with one attached hydrogen (secondary N) is 1. The Morgan fingerprint density at radius 2 is 2.08 bits per heavy atom. The number of rotatable bonds is 5. The molecule has 0 bridgehead atoms. The van der Waals surface area contributed by atoms with E-state index in [1.54, 1.807) is 7.11 Å². The zero-order valence-corrected chi connectivity index (χ0v) is 14.9. The molecule has 3 aromatic rings. The van der Waals surface area contributed by atoms with Crippen LogP contribution in [0.4, 0.5) is 0 Å². The van der Waals surface area contributed by atoms with Crippen molar-refractivity contribution in [3.63, 3.8) is 0 Å². The first kappa shape index (κ1) is 16.8. The van der Waals surface area contributed by atoms with Crippen LogP contribution in [0.15, 0.2) is 60.8 Å². The number of hydrogen-bond acceptors (Lipinski definition) is 4. The van der Waals surface area contributed by atoms with Gasteiger partial charge in [-0.3, -0.25) is 4.90 Å². The lowest BCUT2D eigenvalue weighted by molar-refractivity contribution is -0.0368. The highest BCUT2D eigenvalue weighted by Gasteiger charge is 2.24. The first-order chi connectivity index (χ1) is 12.8. The fourth-order valence-corrected chi connectivity index (χ4v) is 3.29. The highest BCUT2D eigenvalue weighted by Crippen LogP contribution is 2.26. The Bertz CT molecular complexity index is 847. The van der Waals surface area contributed by atoms with Crippen molar-refractivity contribution in [3.8, 4) is 17.0 Å². The molecule has 1 fully saturated rings. The highest BCUT2D eigenvalue weighted by atomic mass is 16.5. The van der Waals surface area contributed by atoms with Crippen LogP contribution in [-0.4, -0.2) is 41.7 Å². The van der Waals surface area contributed by atoms with Gasteiger partial charge in [-0.05, 0) is 17.7 Å². The Labute approximate surface area is 153 Å². The first-order valence-corrected chi connectivity index (χ1v) is 8.89. The van der Waals surface area contributed by atoms with Gasteiger partial charge in [0.2, 0.25) is 0 Å². The lowest BCUT2D eigenvalue weighted by atomic mass is 10.1. The predicted octanol–water partition coefficient (Wildman–Crippen LogP) is 3.66. The molecule has 1 aliphatic rings. The van der Waals surface area contributed by atoms with Gasteiger partial charge in [-0.25, -0.2) is 4.98 Å². The van der Waals surface area contributed by atoms with Gasteiger partial charge < -0.3 is 14.5 Å². The summed E-state index contributed by atoms with van der Waals surface area (Å²) >= 11 is 0. The maximum atomic E-state index is 5.97. The van der Waals surface area contributed by atoms with Gasteiger partial charge in [-0.1, -0.05) is 42.5 Å². The average Bonchev–Trinajstić information content (AvgIpc) is 3.19. The first-order valence-electron chi connectivity index (χ1n) is 8.89. The summed E-state index contributed by atoms with van der Waals surface area (Å²) < 4.78 is 11.3. The Morgan fingerprint density at radius 3 is 2.92 bits per heavy atom. The average molecular weight is 349 g/mol. The summed E-state index contributed by atoms with van der Waals surface area (Å²) in [7, 11) is 1.67. The number of ether oxygens (including phenoxy) is 2. The molecule has 0 amide bonds. The molecule has 2 heterocycles. The van der Waals surface area contributed by atoms with Crippen molar-refractivity contribution in [3.05, 3.63) is 72.2 Å². The van der Waals surface area contributed by atoms with E-state index < -0.39 is 0 Å². The number of hydrogen-bond donors (Lipinski definition) is 1. The fourth-order valence-electron chi connectivity index (χ4n) is 3.29. The van der Waals surface area contributed by atoms with E-state index in [0.29, 0.717) is 6.61 Å². The Kier molecular flexibility index (Phi) is 5.00. The molecule has 0 radical (unpaired) electrons. The van der Waals surface area contributed by atoms with Gasteiger partial charge in [0, 0.05) is 31.4 Å². The number of benzene rings is 2. The number of morpholine rings is 1. The van der Waals surface area contributed by atoms with E-state index in [9.17, 15) is 0 Å². The van der Waals surface area contributed by atoms with Crippen molar-refractivity contribution >= 4 is 0 Å². The monoisotopic (exact) mass is 349 g/mol. The van der Waals surface area contributed by atoms with Crippen molar-refractivity contribution in [1.82, 2.24) is 14.9 Å². The fraction of sp³-hybridized carbons (Fsp3) is 0.286. The van der Waals surface area contributed by atoms with E-state index in [2.05, 4.69) is 40.2 Å². The second-order valence-corrected chi connectivity index (χ2v) is 6.48. The molecule has 1 N–H and O–H groups in total. The molecule has 0 saturated carbocycles. The lowest BCUT2D eigenvalue weighted by Gasteiger charge is -2.32. The minimum atomic E-state index is -0.0354. The zero-order valence-electron chi connectivity index (χ0n) is 14.9. The Balaban J connectivity index is 1.46. The number of imidazole rings is 1. The normalized spacial score (nSPS) is 18.0. The third-order valence-electron chi connectivity index (χ3n) is 4.67. The van der Waals surface area contributed by atoms with E-state index in [1.807, 2.05) is 30.5 Å². The van der Waals surface area contributed by atoms with Gasteiger partial charge in [0.25, 0.3) is 0 Å². The van der Waals surface area contributed by atoms with Gasteiger partial charge in [0.05, 0.1) is 19.4 Å². The SMILES string of the molecule is COc1cccc(-c2c[nH]c(C3CN(Cc4ccccc4)CCO3)n2)c1. The summed E-state index contributed by atoms with van der Waals surface area (Å²) in [6.07, 6.45) is 1.90. The quantitative estimate of drug-likeness (QED) is 0.764. The molecule has 2 aromatic carbocycles. The number of aromatic amines is 1. The van der Waals surface area contributed by atoms with E-state index in [0.717, 1.165) is 42.5 Å². The summed E-state index contributed by atoms with van der Waals surface area (Å²) in [6.45, 7) is 3.42. The molecule has 0 spiro atoms. The molecule has 26 heavy (non-hydrogen) atoms. The smallest absolute Gasteiger partial charge is 0.137 e. The summed E-state index contributed by atoms with van der Waals surface area (Å²) in [5.41, 5.74) is 3.26. The summed E-state index contributed by atoms with van der Waals surface area (Å²) in [5.74, 6) is 1.70. The van der Waals surface area contributed by atoms with Crippen LogP contribution in [0.1, 0.15) is 17.5 Å². The number of H-pyrrole nitrogens is 1. The van der Waals surface area contributed by atoms with Crippen LogP contribution in [0.25, 0.3) is 11.3 Å². The number of methoxy groups -OCH3 is 1. The molecular weight excluding hydrogens is 326 g/mol. The highest BCUT2D eigenvalue weighted by molar-refractivity contribution is 5.60. The second-order valence-electron chi connectivity index (χ2n) is 6.48. The van der Waals surface area contributed by atoms with Crippen LogP contribution < -0.4 is 4.74 Å². The largest absolute Gasteiger partial charge is 0.497 e. The van der Waals surface area contributed by atoms with E-state index in [4.69, 9.17) is 14.5 Å².